The van der Waals surface area contributed by atoms with E-state index in [1.807, 2.05) is 24.3 Å². The molecule has 27 heavy (non-hydrogen) atoms. The molecule has 0 bridgehead atoms. The largest absolute Gasteiger partial charge is 0.497 e. The second kappa shape index (κ2) is 9.05. The Hall–Kier alpha value is -2.33. The van der Waals surface area contributed by atoms with E-state index in [4.69, 9.17) is 4.74 Å². The maximum Gasteiger partial charge on any atom is 0.238 e. The molecule has 2 aromatic rings. The summed E-state index contributed by atoms with van der Waals surface area (Å²) in [5.74, 6) is 0.927. The molecule has 1 aliphatic rings. The summed E-state index contributed by atoms with van der Waals surface area (Å²) in [6.45, 7) is 5.50. The van der Waals surface area contributed by atoms with Crippen LogP contribution in [0.3, 0.4) is 0 Å². The molecule has 3 rings (SSSR count). The van der Waals surface area contributed by atoms with E-state index >= 15 is 0 Å². The number of nitrogens with one attached hydrogen (secondary N) is 1. The summed E-state index contributed by atoms with van der Waals surface area (Å²) in [7, 11) is 1.69. The number of carbonyl (C=O) groups excluding carboxylic acids is 1. The molecule has 1 amide bonds. The monoisotopic (exact) mass is 366 g/mol. The minimum atomic E-state index is 0.0594. The van der Waals surface area contributed by atoms with Crippen molar-refractivity contribution in [3.63, 3.8) is 0 Å². The first-order valence-electron chi connectivity index (χ1n) is 9.82. The third-order valence-corrected chi connectivity index (χ3v) is 5.59. The van der Waals surface area contributed by atoms with Crippen molar-refractivity contribution in [3.8, 4) is 5.75 Å². The first-order chi connectivity index (χ1) is 13.1. The van der Waals surface area contributed by atoms with Gasteiger partial charge in [0.05, 0.1) is 13.7 Å². The van der Waals surface area contributed by atoms with Crippen molar-refractivity contribution in [2.24, 2.45) is 0 Å². The number of likely N-dealkylation sites (tertiary alicyclic amines) is 1. The van der Waals surface area contributed by atoms with Crippen molar-refractivity contribution in [3.05, 3.63) is 59.2 Å². The van der Waals surface area contributed by atoms with Crippen molar-refractivity contribution in [2.75, 3.05) is 25.5 Å². The predicted molar refractivity (Wildman–Crippen MR) is 110 cm³/mol. The number of benzene rings is 2. The number of hydrogen-bond acceptors (Lipinski definition) is 3. The fourth-order valence-electron chi connectivity index (χ4n) is 3.82. The van der Waals surface area contributed by atoms with Gasteiger partial charge in [-0.1, -0.05) is 37.1 Å². The zero-order valence-electron chi connectivity index (χ0n) is 16.6. The molecule has 0 spiro atoms. The van der Waals surface area contributed by atoms with Gasteiger partial charge in [0.1, 0.15) is 5.75 Å². The summed E-state index contributed by atoms with van der Waals surface area (Å²) in [5.41, 5.74) is 4.50. The molecule has 1 atom stereocenters. The van der Waals surface area contributed by atoms with E-state index in [0.717, 1.165) is 36.4 Å². The fourth-order valence-corrected chi connectivity index (χ4v) is 3.82. The van der Waals surface area contributed by atoms with E-state index in [0.29, 0.717) is 6.54 Å². The number of nitrogens with zero attached hydrogens (tertiary/aromatic N) is 1. The maximum absolute atomic E-state index is 12.8. The molecule has 1 saturated heterocycles. The van der Waals surface area contributed by atoms with Gasteiger partial charge in [0, 0.05) is 11.7 Å². The molecule has 4 heteroatoms. The molecular formula is C23H30N2O2. The topological polar surface area (TPSA) is 41.6 Å². The van der Waals surface area contributed by atoms with Crippen molar-refractivity contribution < 1.29 is 9.53 Å². The molecule has 2 aromatic carbocycles. The summed E-state index contributed by atoms with van der Waals surface area (Å²) < 4.78 is 5.28. The highest BCUT2D eigenvalue weighted by molar-refractivity contribution is 5.93. The van der Waals surface area contributed by atoms with Crippen molar-refractivity contribution in [2.45, 2.75) is 45.6 Å². The van der Waals surface area contributed by atoms with Gasteiger partial charge in [0.25, 0.3) is 0 Å². The average molecular weight is 367 g/mol. The van der Waals surface area contributed by atoms with E-state index in [1.54, 1.807) is 7.11 Å². The first-order valence-corrected chi connectivity index (χ1v) is 9.82. The quantitative estimate of drug-likeness (QED) is 0.821. The highest BCUT2D eigenvalue weighted by Crippen LogP contribution is 2.31. The second-order valence-corrected chi connectivity index (χ2v) is 7.40. The zero-order chi connectivity index (χ0) is 19.2. The van der Waals surface area contributed by atoms with Crippen LogP contribution in [0, 0.1) is 13.8 Å². The highest BCUT2D eigenvalue weighted by Gasteiger charge is 2.24. The number of anilines is 1. The number of hydrogen-bond donors (Lipinski definition) is 1. The highest BCUT2D eigenvalue weighted by atomic mass is 16.5. The zero-order valence-corrected chi connectivity index (χ0v) is 16.6. The van der Waals surface area contributed by atoms with E-state index in [9.17, 15) is 4.79 Å². The Morgan fingerprint density at radius 1 is 1.11 bits per heavy atom. The van der Waals surface area contributed by atoms with Crippen LogP contribution in [0.4, 0.5) is 5.69 Å². The van der Waals surface area contributed by atoms with Crippen LogP contribution in [-0.4, -0.2) is 31.0 Å². The van der Waals surface area contributed by atoms with Crippen molar-refractivity contribution in [1.29, 1.82) is 0 Å². The lowest BCUT2D eigenvalue weighted by molar-refractivity contribution is -0.117. The molecule has 0 unspecified atom stereocenters. The number of methoxy groups -OCH3 is 1. The van der Waals surface area contributed by atoms with Gasteiger partial charge in [-0.25, -0.2) is 0 Å². The maximum atomic E-state index is 12.8. The molecule has 1 heterocycles. The molecule has 1 aliphatic heterocycles. The van der Waals surface area contributed by atoms with Crippen LogP contribution < -0.4 is 10.1 Å². The van der Waals surface area contributed by atoms with Crippen LogP contribution in [0.25, 0.3) is 0 Å². The number of ether oxygens (including phenoxy) is 1. The fraction of sp³-hybridized carbons (Fsp3) is 0.435. The van der Waals surface area contributed by atoms with Crippen LogP contribution in [0.1, 0.15) is 48.4 Å². The van der Waals surface area contributed by atoms with E-state index in [-0.39, 0.29) is 11.9 Å². The Balaban J connectivity index is 1.73. The lowest BCUT2D eigenvalue weighted by atomic mass is 10.0. The van der Waals surface area contributed by atoms with Crippen molar-refractivity contribution >= 4 is 11.6 Å². The Bertz CT molecular complexity index is 770. The molecule has 0 aliphatic carbocycles. The standard InChI is InChI=1S/C23H30N2O2/c1-17-8-7-9-21(18(17)2)24-23(26)16-25-15-6-4-5-10-22(25)19-11-13-20(27-3)14-12-19/h7-9,11-14,22H,4-6,10,15-16H2,1-3H3,(H,24,26)/t22-/m1/s1. The number of rotatable bonds is 5. The molecule has 4 nitrogen and oxygen atoms in total. The van der Waals surface area contributed by atoms with Gasteiger partial charge in [0.15, 0.2) is 0 Å². The lowest BCUT2D eigenvalue weighted by Crippen LogP contribution is -2.36. The molecule has 144 valence electrons. The molecule has 0 radical (unpaired) electrons. The normalized spacial score (nSPS) is 18.0. The Morgan fingerprint density at radius 2 is 1.89 bits per heavy atom. The van der Waals surface area contributed by atoms with Gasteiger partial charge in [-0.3, -0.25) is 9.69 Å². The van der Waals surface area contributed by atoms with Gasteiger partial charge in [-0.15, -0.1) is 0 Å². The Morgan fingerprint density at radius 3 is 2.63 bits per heavy atom. The summed E-state index contributed by atoms with van der Waals surface area (Å²) in [5, 5.41) is 3.11. The molecule has 1 N–H and O–H groups in total. The van der Waals surface area contributed by atoms with Crippen LogP contribution in [0.15, 0.2) is 42.5 Å². The Labute approximate surface area is 162 Å². The van der Waals surface area contributed by atoms with Gasteiger partial charge < -0.3 is 10.1 Å². The van der Waals surface area contributed by atoms with Gasteiger partial charge in [0.2, 0.25) is 5.91 Å². The van der Waals surface area contributed by atoms with Crippen LogP contribution in [0.5, 0.6) is 5.75 Å². The second-order valence-electron chi connectivity index (χ2n) is 7.40. The SMILES string of the molecule is COc1ccc([C@H]2CCCCCN2CC(=O)Nc2cccc(C)c2C)cc1. The third-order valence-electron chi connectivity index (χ3n) is 5.59. The number of amides is 1. The smallest absolute Gasteiger partial charge is 0.238 e. The summed E-state index contributed by atoms with van der Waals surface area (Å²) in [6.07, 6.45) is 4.65. The van der Waals surface area contributed by atoms with Crippen LogP contribution >= 0.6 is 0 Å². The number of carbonyl (C=O) groups is 1. The molecular weight excluding hydrogens is 336 g/mol. The third kappa shape index (κ3) is 4.89. The first kappa shape index (κ1) is 19.4. The van der Waals surface area contributed by atoms with Gasteiger partial charge in [-0.2, -0.15) is 0 Å². The summed E-state index contributed by atoms with van der Waals surface area (Å²) in [4.78, 5) is 15.1. The average Bonchev–Trinajstić information content (AvgIpc) is 2.91. The van der Waals surface area contributed by atoms with E-state index in [2.05, 4.69) is 42.3 Å². The van der Waals surface area contributed by atoms with Crippen molar-refractivity contribution in [1.82, 2.24) is 4.90 Å². The van der Waals surface area contributed by atoms with E-state index in [1.165, 1.54) is 24.0 Å². The Kier molecular flexibility index (Phi) is 6.51. The van der Waals surface area contributed by atoms with E-state index < -0.39 is 0 Å². The molecule has 1 fully saturated rings. The predicted octanol–water partition coefficient (Wildman–Crippen LogP) is 4.87. The van der Waals surface area contributed by atoms with Gasteiger partial charge in [-0.05, 0) is 68.1 Å². The summed E-state index contributed by atoms with van der Waals surface area (Å²) >= 11 is 0. The molecule has 0 saturated carbocycles. The van der Waals surface area contributed by atoms with Crippen LogP contribution in [-0.2, 0) is 4.79 Å². The minimum absolute atomic E-state index is 0.0594. The van der Waals surface area contributed by atoms with Gasteiger partial charge >= 0.3 is 0 Å². The summed E-state index contributed by atoms with van der Waals surface area (Å²) in [6, 6.07) is 14.6. The number of aryl methyl sites for hydroxylation is 1. The van der Waals surface area contributed by atoms with Crippen LogP contribution in [0.2, 0.25) is 0 Å². The molecule has 0 aromatic heterocycles. The lowest BCUT2D eigenvalue weighted by Gasteiger charge is -2.30. The minimum Gasteiger partial charge on any atom is -0.497 e.